The zero-order chi connectivity index (χ0) is 23.4. The van der Waals surface area contributed by atoms with Gasteiger partial charge in [0.1, 0.15) is 24.9 Å². The van der Waals surface area contributed by atoms with Gasteiger partial charge in [-0.25, -0.2) is 9.59 Å². The predicted molar refractivity (Wildman–Crippen MR) is 119 cm³/mol. The van der Waals surface area contributed by atoms with Gasteiger partial charge in [-0.2, -0.15) is 0 Å². The summed E-state index contributed by atoms with van der Waals surface area (Å²) in [6.45, 7) is 5.25. The summed E-state index contributed by atoms with van der Waals surface area (Å²) < 4.78 is 15.7. The molecule has 0 aliphatic rings. The van der Waals surface area contributed by atoms with Crippen LogP contribution in [0, 0.1) is 0 Å². The molecule has 0 unspecified atom stereocenters. The molecule has 0 aliphatic carbocycles. The monoisotopic (exact) mass is 442 g/mol. The Kier molecular flexibility index (Phi) is 9.69. The molecule has 1 atom stereocenters. The molecule has 32 heavy (non-hydrogen) atoms. The molecule has 172 valence electrons. The second-order valence-corrected chi connectivity index (χ2v) is 8.07. The Bertz CT molecular complexity index is 865. The zero-order valence-electron chi connectivity index (χ0n) is 18.6. The van der Waals surface area contributed by atoms with Crippen molar-refractivity contribution in [1.82, 2.24) is 10.6 Å². The van der Waals surface area contributed by atoms with E-state index < -0.39 is 29.7 Å². The lowest BCUT2D eigenvalue weighted by Gasteiger charge is -2.21. The quantitative estimate of drug-likeness (QED) is 0.431. The van der Waals surface area contributed by atoms with E-state index in [2.05, 4.69) is 10.6 Å². The van der Waals surface area contributed by atoms with E-state index in [1.165, 1.54) is 0 Å². The van der Waals surface area contributed by atoms with Crippen LogP contribution in [-0.2, 0) is 37.0 Å². The van der Waals surface area contributed by atoms with E-state index in [1.807, 2.05) is 60.7 Å². The van der Waals surface area contributed by atoms with Crippen molar-refractivity contribution < 1.29 is 28.6 Å². The third kappa shape index (κ3) is 10.1. The molecule has 8 nitrogen and oxygen atoms in total. The number of carbonyl (C=O) groups is 3. The lowest BCUT2D eigenvalue weighted by Crippen LogP contribution is -2.49. The number of hydrogen-bond acceptors (Lipinski definition) is 7. The minimum atomic E-state index is -1.05. The van der Waals surface area contributed by atoms with Crippen molar-refractivity contribution in [2.24, 2.45) is 0 Å². The predicted octanol–water partition coefficient (Wildman–Crippen LogP) is 2.96. The van der Waals surface area contributed by atoms with E-state index in [4.69, 9.17) is 14.2 Å². The number of esters is 2. The van der Waals surface area contributed by atoms with Crippen LogP contribution in [0.15, 0.2) is 60.7 Å². The van der Waals surface area contributed by atoms with Crippen LogP contribution in [0.3, 0.4) is 0 Å². The van der Waals surface area contributed by atoms with Gasteiger partial charge in [-0.15, -0.1) is 0 Å². The van der Waals surface area contributed by atoms with Crippen LogP contribution >= 0.6 is 0 Å². The number of hydrogen-bond donors (Lipinski definition) is 2. The maximum Gasteiger partial charge on any atom is 0.408 e. The molecule has 0 radical (unpaired) electrons. The Hall–Kier alpha value is -3.39. The molecule has 0 aromatic heterocycles. The lowest BCUT2D eigenvalue weighted by molar-refractivity contribution is -0.154. The Labute approximate surface area is 188 Å². The lowest BCUT2D eigenvalue weighted by atomic mass is 10.2. The van der Waals surface area contributed by atoms with Crippen molar-refractivity contribution in [2.45, 2.75) is 45.6 Å². The fourth-order valence-corrected chi connectivity index (χ4v) is 2.63. The molecular formula is C24H30N2O6. The maximum absolute atomic E-state index is 12.6. The van der Waals surface area contributed by atoms with Crippen LogP contribution in [0.1, 0.15) is 31.9 Å². The summed E-state index contributed by atoms with van der Waals surface area (Å²) in [6.07, 6.45) is -0.769. The molecule has 0 fully saturated rings. The van der Waals surface area contributed by atoms with Gasteiger partial charge >= 0.3 is 18.0 Å². The van der Waals surface area contributed by atoms with Crippen molar-refractivity contribution in [3.05, 3.63) is 71.8 Å². The summed E-state index contributed by atoms with van der Waals surface area (Å²) in [5, 5.41) is 5.32. The molecule has 2 N–H and O–H groups in total. The SMILES string of the molecule is CC(C)(C)OC(=O)CNC[C@H](NC(=O)OCc1ccccc1)C(=O)OCc1ccccc1. The van der Waals surface area contributed by atoms with Gasteiger partial charge in [0.2, 0.25) is 0 Å². The maximum atomic E-state index is 12.6. The summed E-state index contributed by atoms with van der Waals surface area (Å²) in [4.78, 5) is 36.7. The molecule has 2 aromatic carbocycles. The number of benzene rings is 2. The first-order chi connectivity index (χ1) is 15.2. The van der Waals surface area contributed by atoms with Crippen LogP contribution in [0.5, 0.6) is 0 Å². The van der Waals surface area contributed by atoms with E-state index in [0.29, 0.717) is 0 Å². The van der Waals surface area contributed by atoms with Crippen LogP contribution < -0.4 is 10.6 Å². The smallest absolute Gasteiger partial charge is 0.408 e. The molecule has 0 spiro atoms. The summed E-state index contributed by atoms with van der Waals surface area (Å²) in [5.74, 6) is -1.12. The molecule has 2 aromatic rings. The molecule has 0 aliphatic heterocycles. The molecule has 0 heterocycles. The molecule has 0 bridgehead atoms. The van der Waals surface area contributed by atoms with Gasteiger partial charge in [0.25, 0.3) is 0 Å². The minimum Gasteiger partial charge on any atom is -0.459 e. The summed E-state index contributed by atoms with van der Waals surface area (Å²) in [7, 11) is 0. The summed E-state index contributed by atoms with van der Waals surface area (Å²) in [6, 6.07) is 17.3. The Morgan fingerprint density at radius 3 is 1.91 bits per heavy atom. The van der Waals surface area contributed by atoms with Crippen molar-refractivity contribution in [3.63, 3.8) is 0 Å². The number of amides is 1. The second kappa shape index (κ2) is 12.5. The normalized spacial score (nSPS) is 11.8. The standard InChI is InChI=1S/C24H30N2O6/c1-24(2,3)32-21(27)15-25-14-20(22(28)30-16-18-10-6-4-7-11-18)26-23(29)31-17-19-12-8-5-9-13-19/h4-13,20,25H,14-17H2,1-3H3,(H,26,29)/t20-/m0/s1. The highest BCUT2D eigenvalue weighted by Crippen LogP contribution is 2.07. The fourth-order valence-electron chi connectivity index (χ4n) is 2.63. The summed E-state index contributed by atoms with van der Waals surface area (Å²) >= 11 is 0. The third-order valence-corrected chi connectivity index (χ3v) is 4.05. The van der Waals surface area contributed by atoms with E-state index in [0.717, 1.165) is 11.1 Å². The van der Waals surface area contributed by atoms with E-state index in [9.17, 15) is 14.4 Å². The van der Waals surface area contributed by atoms with Crippen LogP contribution in [-0.4, -0.2) is 42.8 Å². The average Bonchev–Trinajstić information content (AvgIpc) is 2.75. The van der Waals surface area contributed by atoms with E-state index in [-0.39, 0.29) is 26.3 Å². The number of ether oxygens (including phenoxy) is 3. The first-order valence-corrected chi connectivity index (χ1v) is 10.3. The van der Waals surface area contributed by atoms with E-state index in [1.54, 1.807) is 20.8 Å². The zero-order valence-corrected chi connectivity index (χ0v) is 18.6. The highest BCUT2D eigenvalue weighted by molar-refractivity contribution is 5.81. The van der Waals surface area contributed by atoms with Gasteiger partial charge in [0.15, 0.2) is 0 Å². The Balaban J connectivity index is 1.90. The second-order valence-electron chi connectivity index (χ2n) is 8.07. The molecule has 2 rings (SSSR count). The van der Waals surface area contributed by atoms with Crippen LogP contribution in [0.25, 0.3) is 0 Å². The third-order valence-electron chi connectivity index (χ3n) is 4.05. The minimum absolute atomic E-state index is 0.0344. The van der Waals surface area contributed by atoms with Crippen LogP contribution in [0.2, 0.25) is 0 Å². The molecular weight excluding hydrogens is 412 g/mol. The number of carbonyl (C=O) groups excluding carboxylic acids is 3. The van der Waals surface area contributed by atoms with Crippen molar-refractivity contribution in [3.8, 4) is 0 Å². The fraction of sp³-hybridized carbons (Fsp3) is 0.375. The first kappa shape index (κ1) is 24.9. The van der Waals surface area contributed by atoms with Gasteiger partial charge in [-0.3, -0.25) is 4.79 Å². The number of nitrogens with one attached hydrogen (secondary N) is 2. The Morgan fingerprint density at radius 1 is 0.844 bits per heavy atom. The topological polar surface area (TPSA) is 103 Å². The first-order valence-electron chi connectivity index (χ1n) is 10.3. The van der Waals surface area contributed by atoms with Gasteiger partial charge in [-0.1, -0.05) is 60.7 Å². The van der Waals surface area contributed by atoms with Gasteiger partial charge in [-0.05, 0) is 31.9 Å². The highest BCUT2D eigenvalue weighted by Gasteiger charge is 2.24. The Morgan fingerprint density at radius 2 is 1.38 bits per heavy atom. The van der Waals surface area contributed by atoms with Gasteiger partial charge in [0, 0.05) is 6.54 Å². The number of rotatable bonds is 10. The van der Waals surface area contributed by atoms with Gasteiger partial charge < -0.3 is 24.8 Å². The molecule has 1 amide bonds. The van der Waals surface area contributed by atoms with Crippen molar-refractivity contribution in [1.29, 1.82) is 0 Å². The molecule has 0 saturated carbocycles. The molecule has 0 saturated heterocycles. The molecule has 8 heteroatoms. The highest BCUT2D eigenvalue weighted by atomic mass is 16.6. The number of alkyl carbamates (subject to hydrolysis) is 1. The average molecular weight is 443 g/mol. The van der Waals surface area contributed by atoms with E-state index >= 15 is 0 Å². The largest absolute Gasteiger partial charge is 0.459 e. The van der Waals surface area contributed by atoms with Gasteiger partial charge in [0.05, 0.1) is 6.54 Å². The van der Waals surface area contributed by atoms with Crippen molar-refractivity contribution in [2.75, 3.05) is 13.1 Å². The summed E-state index contributed by atoms with van der Waals surface area (Å²) in [5.41, 5.74) is 1.01. The van der Waals surface area contributed by atoms with Crippen LogP contribution in [0.4, 0.5) is 4.79 Å². The van der Waals surface area contributed by atoms with Crippen molar-refractivity contribution >= 4 is 18.0 Å².